The van der Waals surface area contributed by atoms with Crippen LogP contribution in [-0.4, -0.2) is 6.04 Å². The highest BCUT2D eigenvalue weighted by atomic mass is 14.7. The molecular weight excluding hydrogens is 194 g/mol. The van der Waals surface area contributed by atoms with Gasteiger partial charge in [0.05, 0.1) is 0 Å². The summed E-state index contributed by atoms with van der Waals surface area (Å²) in [6.45, 7) is 2.32. The molecule has 2 aliphatic carbocycles. The Morgan fingerprint density at radius 2 is 1.50 bits per heavy atom. The van der Waals surface area contributed by atoms with Crippen molar-refractivity contribution in [2.75, 3.05) is 0 Å². The third kappa shape index (κ3) is 3.00. The molecule has 2 aliphatic rings. The fraction of sp³-hybridized carbons (Fsp3) is 1.00. The summed E-state index contributed by atoms with van der Waals surface area (Å²) in [6, 6.07) is 0.532. The summed E-state index contributed by atoms with van der Waals surface area (Å²) < 4.78 is 0. The molecule has 0 heterocycles. The molecule has 0 aromatic rings. The Morgan fingerprint density at radius 1 is 0.938 bits per heavy atom. The molecule has 0 radical (unpaired) electrons. The molecule has 1 atom stereocenters. The lowest BCUT2D eigenvalue weighted by Gasteiger charge is -2.34. The van der Waals surface area contributed by atoms with Crippen LogP contribution in [0.1, 0.15) is 71.1 Å². The second-order valence-electron chi connectivity index (χ2n) is 6.19. The van der Waals surface area contributed by atoms with Gasteiger partial charge in [0, 0.05) is 6.04 Å². The van der Waals surface area contributed by atoms with E-state index in [2.05, 4.69) is 6.92 Å². The van der Waals surface area contributed by atoms with Crippen LogP contribution in [0.25, 0.3) is 0 Å². The maximum absolute atomic E-state index is 6.47. The van der Waals surface area contributed by atoms with Gasteiger partial charge >= 0.3 is 0 Å². The lowest BCUT2D eigenvalue weighted by molar-refractivity contribution is 0.200. The molecule has 1 nitrogen and oxygen atoms in total. The van der Waals surface area contributed by atoms with E-state index in [1.165, 1.54) is 64.2 Å². The van der Waals surface area contributed by atoms with Gasteiger partial charge in [0.15, 0.2) is 0 Å². The van der Waals surface area contributed by atoms with E-state index >= 15 is 0 Å². The van der Waals surface area contributed by atoms with Crippen molar-refractivity contribution in [2.24, 2.45) is 23.5 Å². The predicted octanol–water partition coefficient (Wildman–Crippen LogP) is 4.11. The van der Waals surface area contributed by atoms with E-state index < -0.39 is 0 Å². The summed E-state index contributed by atoms with van der Waals surface area (Å²) in [6.07, 6.45) is 14.3. The number of rotatable bonds is 4. The van der Waals surface area contributed by atoms with E-state index in [4.69, 9.17) is 5.73 Å². The molecule has 1 heteroatoms. The normalized spacial score (nSPS) is 34.1. The SMILES string of the molecule is CCCC1CCC(C(N)C2CCCC2)CC1. The van der Waals surface area contributed by atoms with Crippen molar-refractivity contribution in [1.82, 2.24) is 0 Å². The highest BCUT2D eigenvalue weighted by molar-refractivity contribution is 4.86. The van der Waals surface area contributed by atoms with E-state index in [0.717, 1.165) is 17.8 Å². The fourth-order valence-corrected chi connectivity index (χ4v) is 4.00. The van der Waals surface area contributed by atoms with Crippen LogP contribution in [0.5, 0.6) is 0 Å². The van der Waals surface area contributed by atoms with Gasteiger partial charge in [-0.05, 0) is 43.4 Å². The standard InChI is InChI=1S/C15H29N/c1-2-5-12-8-10-14(11-9-12)15(16)13-6-3-4-7-13/h12-15H,2-11,16H2,1H3. The maximum Gasteiger partial charge on any atom is 0.00956 e. The van der Waals surface area contributed by atoms with E-state index in [-0.39, 0.29) is 0 Å². The molecule has 16 heavy (non-hydrogen) atoms. The molecule has 2 rings (SSSR count). The van der Waals surface area contributed by atoms with Gasteiger partial charge in [-0.2, -0.15) is 0 Å². The molecule has 0 aliphatic heterocycles. The third-order valence-corrected chi connectivity index (χ3v) is 5.08. The average molecular weight is 223 g/mol. The van der Waals surface area contributed by atoms with Gasteiger partial charge in [-0.1, -0.05) is 45.4 Å². The first-order valence-corrected chi connectivity index (χ1v) is 7.56. The van der Waals surface area contributed by atoms with Crippen LogP contribution in [0.2, 0.25) is 0 Å². The van der Waals surface area contributed by atoms with Gasteiger partial charge in [0.25, 0.3) is 0 Å². The molecule has 94 valence electrons. The van der Waals surface area contributed by atoms with E-state index in [1.54, 1.807) is 0 Å². The minimum Gasteiger partial charge on any atom is -0.327 e. The van der Waals surface area contributed by atoms with Crippen molar-refractivity contribution in [3.8, 4) is 0 Å². The van der Waals surface area contributed by atoms with Gasteiger partial charge in [-0.25, -0.2) is 0 Å². The second kappa shape index (κ2) is 6.05. The van der Waals surface area contributed by atoms with Crippen LogP contribution in [-0.2, 0) is 0 Å². The monoisotopic (exact) mass is 223 g/mol. The smallest absolute Gasteiger partial charge is 0.00956 e. The molecule has 0 spiro atoms. The third-order valence-electron chi connectivity index (χ3n) is 5.08. The zero-order chi connectivity index (χ0) is 11.4. The van der Waals surface area contributed by atoms with Crippen molar-refractivity contribution < 1.29 is 0 Å². The average Bonchev–Trinajstić information content (AvgIpc) is 2.83. The molecule has 0 aromatic heterocycles. The molecule has 0 aromatic carbocycles. The van der Waals surface area contributed by atoms with E-state index in [1.807, 2.05) is 0 Å². The van der Waals surface area contributed by atoms with Gasteiger partial charge in [-0.3, -0.25) is 0 Å². The van der Waals surface area contributed by atoms with Crippen molar-refractivity contribution >= 4 is 0 Å². The van der Waals surface area contributed by atoms with Crippen molar-refractivity contribution in [3.63, 3.8) is 0 Å². The van der Waals surface area contributed by atoms with Gasteiger partial charge in [-0.15, -0.1) is 0 Å². The number of nitrogens with two attached hydrogens (primary N) is 1. The Balaban J connectivity index is 1.74. The Kier molecular flexibility index (Phi) is 4.69. The summed E-state index contributed by atoms with van der Waals surface area (Å²) in [4.78, 5) is 0. The summed E-state index contributed by atoms with van der Waals surface area (Å²) in [7, 11) is 0. The van der Waals surface area contributed by atoms with Crippen LogP contribution in [0, 0.1) is 17.8 Å². The highest BCUT2D eigenvalue weighted by Gasteiger charge is 2.31. The Labute approximate surface area is 101 Å². The number of hydrogen-bond donors (Lipinski definition) is 1. The molecule has 2 N–H and O–H groups in total. The number of hydrogen-bond acceptors (Lipinski definition) is 1. The molecule has 0 saturated heterocycles. The molecule has 2 fully saturated rings. The minimum absolute atomic E-state index is 0.532. The Hall–Kier alpha value is -0.0400. The lowest BCUT2D eigenvalue weighted by Crippen LogP contribution is -2.38. The molecular formula is C15H29N. The zero-order valence-electron chi connectivity index (χ0n) is 11.0. The molecule has 0 amide bonds. The molecule has 1 unspecified atom stereocenters. The Morgan fingerprint density at radius 3 is 2.06 bits per heavy atom. The minimum atomic E-state index is 0.532. The van der Waals surface area contributed by atoms with Crippen LogP contribution >= 0.6 is 0 Å². The summed E-state index contributed by atoms with van der Waals surface area (Å²) in [5, 5.41) is 0. The largest absolute Gasteiger partial charge is 0.327 e. The second-order valence-corrected chi connectivity index (χ2v) is 6.19. The first kappa shape index (κ1) is 12.4. The highest BCUT2D eigenvalue weighted by Crippen LogP contribution is 2.38. The van der Waals surface area contributed by atoms with Crippen LogP contribution < -0.4 is 5.73 Å². The summed E-state index contributed by atoms with van der Waals surface area (Å²) in [5.74, 6) is 2.75. The van der Waals surface area contributed by atoms with Gasteiger partial charge in [0.2, 0.25) is 0 Å². The fourth-order valence-electron chi connectivity index (χ4n) is 4.00. The van der Waals surface area contributed by atoms with E-state index in [9.17, 15) is 0 Å². The topological polar surface area (TPSA) is 26.0 Å². The van der Waals surface area contributed by atoms with Crippen LogP contribution in [0.4, 0.5) is 0 Å². The maximum atomic E-state index is 6.47. The van der Waals surface area contributed by atoms with Crippen molar-refractivity contribution in [1.29, 1.82) is 0 Å². The molecule has 0 bridgehead atoms. The predicted molar refractivity (Wildman–Crippen MR) is 70.3 cm³/mol. The lowest BCUT2D eigenvalue weighted by atomic mass is 9.74. The first-order valence-electron chi connectivity index (χ1n) is 7.56. The first-order chi connectivity index (χ1) is 7.81. The Bertz CT molecular complexity index is 188. The quantitative estimate of drug-likeness (QED) is 0.762. The van der Waals surface area contributed by atoms with Crippen LogP contribution in [0.3, 0.4) is 0 Å². The van der Waals surface area contributed by atoms with Crippen molar-refractivity contribution in [3.05, 3.63) is 0 Å². The van der Waals surface area contributed by atoms with Gasteiger partial charge in [0.1, 0.15) is 0 Å². The summed E-state index contributed by atoms with van der Waals surface area (Å²) in [5.41, 5.74) is 6.47. The zero-order valence-corrected chi connectivity index (χ0v) is 11.0. The van der Waals surface area contributed by atoms with E-state index in [0.29, 0.717) is 6.04 Å². The van der Waals surface area contributed by atoms with Gasteiger partial charge < -0.3 is 5.73 Å². The summed E-state index contributed by atoms with van der Waals surface area (Å²) >= 11 is 0. The van der Waals surface area contributed by atoms with Crippen molar-refractivity contribution in [2.45, 2.75) is 77.2 Å². The van der Waals surface area contributed by atoms with Crippen LogP contribution in [0.15, 0.2) is 0 Å². The molecule has 2 saturated carbocycles.